The molecule has 1 aliphatic rings. The standard InChI is InChI=1S/C14H19N3O5S/c1-9-14(19)17(2)11-8-10(4-5-12(11)22-9)16-13(18)6-7-15-23(3,20)21/h4-5,8-9,15H,6-7H2,1-3H3,(H,16,18). The molecule has 0 bridgehead atoms. The van der Waals surface area contributed by atoms with Gasteiger partial charge in [0.1, 0.15) is 5.75 Å². The zero-order valence-corrected chi connectivity index (χ0v) is 13.9. The number of amides is 2. The minimum absolute atomic E-state index is 0.00641. The van der Waals surface area contributed by atoms with Crippen LogP contribution >= 0.6 is 0 Å². The third-order valence-electron chi connectivity index (χ3n) is 3.30. The number of anilines is 2. The number of ether oxygens (including phenoxy) is 1. The van der Waals surface area contributed by atoms with Gasteiger partial charge in [0.05, 0.1) is 11.9 Å². The van der Waals surface area contributed by atoms with Gasteiger partial charge in [-0.25, -0.2) is 13.1 Å². The van der Waals surface area contributed by atoms with Crippen molar-refractivity contribution in [1.29, 1.82) is 0 Å². The van der Waals surface area contributed by atoms with E-state index in [0.717, 1.165) is 6.26 Å². The van der Waals surface area contributed by atoms with E-state index in [1.165, 1.54) is 4.90 Å². The molecule has 1 unspecified atom stereocenters. The zero-order chi connectivity index (χ0) is 17.2. The van der Waals surface area contributed by atoms with E-state index in [0.29, 0.717) is 17.1 Å². The van der Waals surface area contributed by atoms with Gasteiger partial charge in [0.15, 0.2) is 6.10 Å². The maximum atomic E-state index is 11.9. The lowest BCUT2D eigenvalue weighted by molar-refractivity contribution is -0.125. The van der Waals surface area contributed by atoms with Crippen molar-refractivity contribution in [2.24, 2.45) is 0 Å². The summed E-state index contributed by atoms with van der Waals surface area (Å²) in [7, 11) is -1.67. The molecular weight excluding hydrogens is 322 g/mol. The highest BCUT2D eigenvalue weighted by Gasteiger charge is 2.28. The first-order chi connectivity index (χ1) is 10.7. The molecule has 2 rings (SSSR count). The van der Waals surface area contributed by atoms with Crippen LogP contribution in [0, 0.1) is 0 Å². The number of carbonyl (C=O) groups excluding carboxylic acids is 2. The van der Waals surface area contributed by atoms with Crippen LogP contribution in [0.15, 0.2) is 18.2 Å². The van der Waals surface area contributed by atoms with E-state index in [-0.39, 0.29) is 24.8 Å². The van der Waals surface area contributed by atoms with E-state index < -0.39 is 16.1 Å². The molecular formula is C14H19N3O5S. The lowest BCUT2D eigenvalue weighted by Crippen LogP contribution is -2.42. The second-order valence-corrected chi connectivity index (χ2v) is 7.14. The van der Waals surface area contributed by atoms with E-state index in [2.05, 4.69) is 10.0 Å². The van der Waals surface area contributed by atoms with Gasteiger partial charge in [0.25, 0.3) is 5.91 Å². The summed E-state index contributed by atoms with van der Waals surface area (Å²) >= 11 is 0. The van der Waals surface area contributed by atoms with E-state index in [4.69, 9.17) is 4.74 Å². The Morgan fingerprint density at radius 2 is 2.09 bits per heavy atom. The fourth-order valence-electron chi connectivity index (χ4n) is 2.16. The number of rotatable bonds is 5. The van der Waals surface area contributed by atoms with Crippen LogP contribution in [-0.4, -0.2) is 46.2 Å². The van der Waals surface area contributed by atoms with E-state index >= 15 is 0 Å². The summed E-state index contributed by atoms with van der Waals surface area (Å²) in [5, 5.41) is 2.66. The molecule has 0 aromatic heterocycles. The first-order valence-corrected chi connectivity index (χ1v) is 8.89. The van der Waals surface area contributed by atoms with Crippen molar-refractivity contribution in [3.8, 4) is 5.75 Å². The van der Waals surface area contributed by atoms with Crippen molar-refractivity contribution in [2.45, 2.75) is 19.4 Å². The molecule has 23 heavy (non-hydrogen) atoms. The summed E-state index contributed by atoms with van der Waals surface area (Å²) in [5.41, 5.74) is 1.08. The van der Waals surface area contributed by atoms with Crippen LogP contribution in [0.3, 0.4) is 0 Å². The van der Waals surface area contributed by atoms with Crippen molar-refractivity contribution in [3.05, 3.63) is 18.2 Å². The minimum Gasteiger partial charge on any atom is -0.479 e. The summed E-state index contributed by atoms with van der Waals surface area (Å²) in [6.45, 7) is 1.70. The van der Waals surface area contributed by atoms with Crippen molar-refractivity contribution in [3.63, 3.8) is 0 Å². The first-order valence-electron chi connectivity index (χ1n) is 7.00. The topological polar surface area (TPSA) is 105 Å². The second kappa shape index (κ2) is 6.55. The number of fused-ring (bicyclic) bond motifs is 1. The fraction of sp³-hybridized carbons (Fsp3) is 0.429. The van der Waals surface area contributed by atoms with E-state index in [1.54, 1.807) is 32.2 Å². The van der Waals surface area contributed by atoms with Crippen molar-refractivity contribution < 1.29 is 22.7 Å². The van der Waals surface area contributed by atoms with Crippen LogP contribution in [0.4, 0.5) is 11.4 Å². The zero-order valence-electron chi connectivity index (χ0n) is 13.1. The average Bonchev–Trinajstić information content (AvgIpc) is 2.44. The molecule has 8 nitrogen and oxygen atoms in total. The van der Waals surface area contributed by atoms with Gasteiger partial charge in [-0.05, 0) is 25.1 Å². The molecule has 2 amide bonds. The summed E-state index contributed by atoms with van der Waals surface area (Å²) in [4.78, 5) is 25.2. The quantitative estimate of drug-likeness (QED) is 0.802. The van der Waals surface area contributed by atoms with Crippen LogP contribution < -0.4 is 19.7 Å². The summed E-state index contributed by atoms with van der Waals surface area (Å²) in [6, 6.07) is 4.98. The smallest absolute Gasteiger partial charge is 0.267 e. The molecule has 2 N–H and O–H groups in total. The molecule has 1 aliphatic heterocycles. The Bertz CT molecular complexity index is 732. The van der Waals surface area contributed by atoms with Gasteiger partial charge >= 0.3 is 0 Å². The van der Waals surface area contributed by atoms with Gasteiger partial charge in [0, 0.05) is 25.7 Å². The molecule has 0 aliphatic carbocycles. The van der Waals surface area contributed by atoms with Gasteiger partial charge in [0.2, 0.25) is 15.9 Å². The Morgan fingerprint density at radius 1 is 1.39 bits per heavy atom. The fourth-order valence-corrected chi connectivity index (χ4v) is 2.64. The average molecular weight is 341 g/mol. The number of nitrogens with zero attached hydrogens (tertiary/aromatic N) is 1. The van der Waals surface area contributed by atoms with Crippen LogP contribution in [0.2, 0.25) is 0 Å². The number of likely N-dealkylation sites (N-methyl/N-ethyl adjacent to an activating group) is 1. The largest absolute Gasteiger partial charge is 0.479 e. The molecule has 0 spiro atoms. The first kappa shape index (κ1) is 17.2. The third kappa shape index (κ3) is 4.42. The molecule has 1 heterocycles. The Balaban J connectivity index is 2.02. The van der Waals surface area contributed by atoms with E-state index in [1.807, 2.05) is 0 Å². The Labute approximate surface area is 134 Å². The lowest BCUT2D eigenvalue weighted by atomic mass is 10.2. The highest BCUT2D eigenvalue weighted by molar-refractivity contribution is 7.88. The second-order valence-electron chi connectivity index (χ2n) is 5.30. The summed E-state index contributed by atoms with van der Waals surface area (Å²) in [5.74, 6) is 0.0647. The normalized spacial score (nSPS) is 17.4. The molecule has 9 heteroatoms. The Morgan fingerprint density at radius 3 is 2.74 bits per heavy atom. The SMILES string of the molecule is CC1Oc2ccc(NC(=O)CCNS(C)(=O)=O)cc2N(C)C1=O. The van der Waals surface area contributed by atoms with Crippen molar-refractivity contribution in [1.82, 2.24) is 4.72 Å². The maximum absolute atomic E-state index is 11.9. The molecule has 0 saturated heterocycles. The van der Waals surface area contributed by atoms with Gasteiger partial charge in [-0.1, -0.05) is 0 Å². The number of carbonyl (C=O) groups is 2. The Hall–Kier alpha value is -2.13. The molecule has 0 saturated carbocycles. The number of hydrogen-bond donors (Lipinski definition) is 2. The molecule has 1 aromatic carbocycles. The van der Waals surface area contributed by atoms with Gasteiger partial charge in [-0.15, -0.1) is 0 Å². The van der Waals surface area contributed by atoms with Crippen molar-refractivity contribution >= 4 is 33.2 Å². The molecule has 0 fully saturated rings. The lowest BCUT2D eigenvalue weighted by Gasteiger charge is -2.30. The highest BCUT2D eigenvalue weighted by atomic mass is 32.2. The third-order valence-corrected chi connectivity index (χ3v) is 4.03. The van der Waals surface area contributed by atoms with Gasteiger partial charge < -0.3 is 15.0 Å². The molecule has 1 aromatic rings. The van der Waals surface area contributed by atoms with Gasteiger partial charge in [-0.2, -0.15) is 0 Å². The van der Waals surface area contributed by atoms with E-state index in [9.17, 15) is 18.0 Å². The number of hydrogen-bond acceptors (Lipinski definition) is 5. The molecule has 126 valence electrons. The minimum atomic E-state index is -3.31. The predicted octanol–water partition coefficient (Wildman–Crippen LogP) is 0.308. The van der Waals surface area contributed by atoms with Gasteiger partial charge in [-0.3, -0.25) is 9.59 Å². The number of sulfonamides is 1. The summed E-state index contributed by atoms with van der Waals surface area (Å²) < 4.78 is 29.6. The highest BCUT2D eigenvalue weighted by Crippen LogP contribution is 2.35. The monoisotopic (exact) mass is 341 g/mol. The summed E-state index contributed by atoms with van der Waals surface area (Å²) in [6.07, 6.45) is 0.490. The maximum Gasteiger partial charge on any atom is 0.267 e. The Kier molecular flexibility index (Phi) is 4.90. The van der Waals surface area contributed by atoms with Crippen LogP contribution in [-0.2, 0) is 19.6 Å². The predicted molar refractivity (Wildman–Crippen MR) is 86.0 cm³/mol. The van der Waals surface area contributed by atoms with Crippen LogP contribution in [0.25, 0.3) is 0 Å². The van der Waals surface area contributed by atoms with Crippen LogP contribution in [0.5, 0.6) is 5.75 Å². The molecule has 1 atom stereocenters. The number of nitrogens with one attached hydrogen (secondary N) is 2. The van der Waals surface area contributed by atoms with Crippen LogP contribution in [0.1, 0.15) is 13.3 Å². The molecule has 0 radical (unpaired) electrons. The number of benzene rings is 1. The van der Waals surface area contributed by atoms with Crippen molar-refractivity contribution in [2.75, 3.05) is 30.1 Å².